The van der Waals surface area contributed by atoms with E-state index in [2.05, 4.69) is 154 Å². The number of hydrogen-bond donors (Lipinski definition) is 0. The Kier molecular flexibility index (Phi) is 5.45. The third-order valence-corrected chi connectivity index (χ3v) is 11.5. The van der Waals surface area contributed by atoms with Crippen molar-refractivity contribution < 1.29 is 0 Å². The van der Waals surface area contributed by atoms with Gasteiger partial charge in [0.15, 0.2) is 5.82 Å². The van der Waals surface area contributed by atoms with Crippen LogP contribution in [0, 0.1) is 5.92 Å². The topological polar surface area (TPSA) is 30.7 Å². The highest BCUT2D eigenvalue weighted by Crippen LogP contribution is 2.53. The zero-order valence-electron chi connectivity index (χ0n) is 28.1. The highest BCUT2D eigenvalue weighted by Gasteiger charge is 2.41. The van der Waals surface area contributed by atoms with E-state index in [9.17, 15) is 0 Å². The molecule has 0 fully saturated rings. The monoisotopic (exact) mass is 619 g/mol. The summed E-state index contributed by atoms with van der Waals surface area (Å²) in [6.07, 6.45) is 5.85. The zero-order chi connectivity index (χ0) is 32.5. The standard InChI is InChI=1S/C45H37N3/c1-26-18-21-36-33(22-26)30-20-19-29(24-37(30)44(36,2)3)40-43(47-41-32-15-8-10-16-35(32)45(4,5)42(41)46-40)48-38-17-11-9-14-31(38)34-23-27-12-6-7-13-28(27)25-39(34)48/h6-21,23-26H,22H2,1-5H3. The Hall–Kier alpha value is -5.28. The van der Waals surface area contributed by atoms with Gasteiger partial charge in [-0.25, -0.2) is 9.97 Å². The molecule has 3 aliphatic carbocycles. The lowest BCUT2D eigenvalue weighted by Gasteiger charge is -2.25. The summed E-state index contributed by atoms with van der Waals surface area (Å²) in [7, 11) is 0. The molecule has 3 heteroatoms. The molecule has 0 radical (unpaired) electrons. The number of hydrogen-bond acceptors (Lipinski definition) is 2. The number of benzene rings is 5. The van der Waals surface area contributed by atoms with Crippen LogP contribution in [0.1, 0.15) is 63.4 Å². The van der Waals surface area contributed by atoms with E-state index in [0.717, 1.165) is 45.9 Å². The first-order valence-electron chi connectivity index (χ1n) is 17.2. The second-order valence-electron chi connectivity index (χ2n) is 15.2. The van der Waals surface area contributed by atoms with Gasteiger partial charge in [-0.3, -0.25) is 4.57 Å². The normalized spacial score (nSPS) is 18.4. The average Bonchev–Trinajstić information content (AvgIpc) is 3.62. The van der Waals surface area contributed by atoms with E-state index in [0.29, 0.717) is 5.92 Å². The molecular formula is C45H37N3. The summed E-state index contributed by atoms with van der Waals surface area (Å²) in [6, 6.07) is 37.9. The van der Waals surface area contributed by atoms with Gasteiger partial charge < -0.3 is 0 Å². The van der Waals surface area contributed by atoms with E-state index in [-0.39, 0.29) is 10.8 Å². The molecule has 10 rings (SSSR count). The summed E-state index contributed by atoms with van der Waals surface area (Å²) in [4.78, 5) is 11.4. The van der Waals surface area contributed by atoms with Crippen molar-refractivity contribution in [3.8, 4) is 28.3 Å². The van der Waals surface area contributed by atoms with Gasteiger partial charge in [-0.1, -0.05) is 126 Å². The maximum absolute atomic E-state index is 5.69. The van der Waals surface area contributed by atoms with E-state index in [1.54, 1.807) is 0 Å². The third-order valence-electron chi connectivity index (χ3n) is 11.5. The largest absolute Gasteiger partial charge is 0.292 e. The number of nitrogens with zero attached hydrogens (tertiary/aromatic N) is 3. The summed E-state index contributed by atoms with van der Waals surface area (Å²) < 4.78 is 2.37. The molecule has 0 aliphatic heterocycles. The van der Waals surface area contributed by atoms with Gasteiger partial charge in [0.05, 0.1) is 22.4 Å². The van der Waals surface area contributed by atoms with Crippen molar-refractivity contribution >= 4 is 38.2 Å². The molecule has 1 unspecified atom stereocenters. The minimum Gasteiger partial charge on any atom is -0.292 e. The number of fused-ring (bicyclic) bond motifs is 9. The van der Waals surface area contributed by atoms with E-state index in [4.69, 9.17) is 9.97 Å². The molecule has 3 aliphatic rings. The zero-order valence-corrected chi connectivity index (χ0v) is 28.1. The molecule has 2 heterocycles. The molecule has 1 atom stereocenters. The van der Waals surface area contributed by atoms with Crippen LogP contribution in [0.15, 0.2) is 121 Å². The van der Waals surface area contributed by atoms with Crippen LogP contribution in [0.4, 0.5) is 0 Å². The van der Waals surface area contributed by atoms with Crippen LogP contribution in [-0.2, 0) is 10.8 Å². The molecule has 2 aromatic heterocycles. The van der Waals surface area contributed by atoms with Crippen molar-refractivity contribution in [2.24, 2.45) is 5.92 Å². The summed E-state index contributed by atoms with van der Waals surface area (Å²) in [5.41, 5.74) is 14.2. The van der Waals surface area contributed by atoms with Crippen LogP contribution in [0.3, 0.4) is 0 Å². The molecule has 0 bridgehead atoms. The molecule has 5 aromatic carbocycles. The van der Waals surface area contributed by atoms with Crippen LogP contribution in [0.5, 0.6) is 0 Å². The predicted octanol–water partition coefficient (Wildman–Crippen LogP) is 11.3. The summed E-state index contributed by atoms with van der Waals surface area (Å²) in [5, 5.41) is 4.91. The van der Waals surface area contributed by atoms with Gasteiger partial charge in [-0.2, -0.15) is 0 Å². The van der Waals surface area contributed by atoms with E-state index >= 15 is 0 Å². The van der Waals surface area contributed by atoms with Crippen molar-refractivity contribution in [2.75, 3.05) is 0 Å². The second-order valence-corrected chi connectivity index (χ2v) is 15.2. The lowest BCUT2D eigenvalue weighted by Crippen LogP contribution is -2.19. The maximum atomic E-state index is 5.69. The van der Waals surface area contributed by atoms with Crippen molar-refractivity contribution in [1.82, 2.24) is 14.5 Å². The van der Waals surface area contributed by atoms with Gasteiger partial charge in [0, 0.05) is 32.7 Å². The number of rotatable bonds is 2. The van der Waals surface area contributed by atoms with Crippen LogP contribution >= 0.6 is 0 Å². The van der Waals surface area contributed by atoms with Gasteiger partial charge in [0.25, 0.3) is 0 Å². The maximum Gasteiger partial charge on any atom is 0.165 e. The van der Waals surface area contributed by atoms with Crippen LogP contribution < -0.4 is 0 Å². The van der Waals surface area contributed by atoms with Crippen molar-refractivity contribution in [1.29, 1.82) is 0 Å². The Bertz CT molecular complexity index is 2610. The van der Waals surface area contributed by atoms with Gasteiger partial charge in [0.1, 0.15) is 5.69 Å². The van der Waals surface area contributed by atoms with Gasteiger partial charge in [-0.15, -0.1) is 0 Å². The minimum absolute atomic E-state index is 0.0805. The van der Waals surface area contributed by atoms with Crippen LogP contribution in [0.25, 0.3) is 66.5 Å². The first-order chi connectivity index (χ1) is 23.2. The summed E-state index contributed by atoms with van der Waals surface area (Å²) in [5.74, 6) is 1.43. The van der Waals surface area contributed by atoms with Crippen LogP contribution in [-0.4, -0.2) is 14.5 Å². The molecule has 3 nitrogen and oxygen atoms in total. The van der Waals surface area contributed by atoms with Gasteiger partial charge in [0.2, 0.25) is 0 Å². The molecule has 232 valence electrons. The lowest BCUT2D eigenvalue weighted by atomic mass is 9.79. The molecular weight excluding hydrogens is 583 g/mol. The first kappa shape index (κ1) is 27.8. The molecule has 0 amide bonds. The predicted molar refractivity (Wildman–Crippen MR) is 200 cm³/mol. The number of aromatic nitrogens is 3. The van der Waals surface area contributed by atoms with Crippen molar-refractivity contribution in [3.63, 3.8) is 0 Å². The Morgan fingerprint density at radius 2 is 1.40 bits per heavy atom. The van der Waals surface area contributed by atoms with Crippen LogP contribution in [0.2, 0.25) is 0 Å². The molecule has 0 saturated carbocycles. The number of allylic oxidation sites excluding steroid dienone is 4. The second kappa shape index (κ2) is 9.41. The molecule has 0 spiro atoms. The van der Waals surface area contributed by atoms with E-state index in [1.165, 1.54) is 54.9 Å². The van der Waals surface area contributed by atoms with E-state index in [1.807, 2.05) is 0 Å². The molecule has 48 heavy (non-hydrogen) atoms. The summed E-state index contributed by atoms with van der Waals surface area (Å²) in [6.45, 7) is 11.7. The Labute approximate surface area is 281 Å². The fraction of sp³-hybridized carbons (Fsp3) is 0.200. The minimum atomic E-state index is -0.263. The Balaban J connectivity index is 1.30. The fourth-order valence-corrected chi connectivity index (χ4v) is 8.96. The molecule has 7 aromatic rings. The average molecular weight is 620 g/mol. The fourth-order valence-electron chi connectivity index (χ4n) is 8.96. The Morgan fingerprint density at radius 3 is 2.25 bits per heavy atom. The number of para-hydroxylation sites is 1. The van der Waals surface area contributed by atoms with E-state index < -0.39 is 0 Å². The van der Waals surface area contributed by atoms with Gasteiger partial charge in [-0.05, 0) is 75.2 Å². The lowest BCUT2D eigenvalue weighted by molar-refractivity contribution is 0.635. The molecule has 0 saturated heterocycles. The summed E-state index contributed by atoms with van der Waals surface area (Å²) >= 11 is 0. The molecule has 0 N–H and O–H groups in total. The SMILES string of the molecule is CC1C=CC2=C(C1)c1ccc(-c3nc4c(nc3-n3c5ccccc5c5cc6ccccc6cc53)-c3ccccc3C4(C)C)cc1C2(C)C. The van der Waals surface area contributed by atoms with Gasteiger partial charge >= 0.3 is 0 Å². The third kappa shape index (κ3) is 3.59. The van der Waals surface area contributed by atoms with Crippen molar-refractivity contribution in [3.05, 3.63) is 143 Å². The first-order valence-corrected chi connectivity index (χ1v) is 17.2. The highest BCUT2D eigenvalue weighted by atomic mass is 15.1. The van der Waals surface area contributed by atoms with Crippen molar-refractivity contribution in [2.45, 2.75) is 51.9 Å². The quantitative estimate of drug-likeness (QED) is 0.193. The highest BCUT2D eigenvalue weighted by molar-refractivity contribution is 6.13. The Morgan fingerprint density at radius 1 is 0.646 bits per heavy atom. The smallest absolute Gasteiger partial charge is 0.165 e.